The number of rotatable bonds is 2. The zero-order valence-corrected chi connectivity index (χ0v) is 8.41. The van der Waals surface area contributed by atoms with Crippen LogP contribution in [-0.4, -0.2) is 48.2 Å². The predicted octanol–water partition coefficient (Wildman–Crippen LogP) is -0.421. The van der Waals surface area contributed by atoms with Gasteiger partial charge in [0.15, 0.2) is 0 Å². The summed E-state index contributed by atoms with van der Waals surface area (Å²) in [4.78, 5) is 13.6. The third-order valence-corrected chi connectivity index (χ3v) is 3.22. The Morgan fingerprint density at radius 1 is 1.50 bits per heavy atom. The summed E-state index contributed by atoms with van der Waals surface area (Å²) < 4.78 is 0. The minimum atomic E-state index is 0.181. The number of carbonyl (C=O) groups is 1. The molecule has 2 saturated heterocycles. The van der Waals surface area contributed by atoms with Gasteiger partial charge in [-0.3, -0.25) is 9.69 Å². The quantitative estimate of drug-likeness (QED) is 0.633. The molecule has 4 heteroatoms. The van der Waals surface area contributed by atoms with Crippen molar-refractivity contribution in [2.45, 2.75) is 25.3 Å². The first-order valence-corrected chi connectivity index (χ1v) is 5.41. The molecule has 0 aromatic rings. The molecule has 2 rings (SSSR count). The first-order valence-electron chi connectivity index (χ1n) is 5.41. The van der Waals surface area contributed by atoms with Crippen LogP contribution in [0.4, 0.5) is 0 Å². The van der Waals surface area contributed by atoms with Crippen LogP contribution in [0.25, 0.3) is 0 Å². The lowest BCUT2D eigenvalue weighted by Crippen LogP contribution is -2.53. The summed E-state index contributed by atoms with van der Waals surface area (Å²) in [5.41, 5.74) is 0. The van der Waals surface area contributed by atoms with Crippen LogP contribution in [0.15, 0.2) is 0 Å². The highest BCUT2D eigenvalue weighted by Gasteiger charge is 2.33. The standard InChI is InChI=1S/C10H18N2O2/c13-7-8-5-12(6-8)9-2-1-3-11-10(14)4-9/h8-9,13H,1-7H2,(H,11,14). The molecule has 0 bridgehead atoms. The number of nitrogens with zero attached hydrogens (tertiary/aromatic N) is 1. The second-order valence-electron chi connectivity index (χ2n) is 4.35. The first kappa shape index (κ1) is 9.93. The van der Waals surface area contributed by atoms with Gasteiger partial charge in [-0.2, -0.15) is 0 Å². The van der Waals surface area contributed by atoms with Crippen molar-refractivity contribution in [2.24, 2.45) is 5.92 Å². The molecular formula is C10H18N2O2. The fraction of sp³-hybridized carbons (Fsp3) is 0.900. The molecule has 0 aromatic heterocycles. The van der Waals surface area contributed by atoms with E-state index in [-0.39, 0.29) is 12.5 Å². The monoisotopic (exact) mass is 198 g/mol. The van der Waals surface area contributed by atoms with E-state index in [0.717, 1.165) is 32.5 Å². The molecule has 0 aromatic carbocycles. The molecule has 14 heavy (non-hydrogen) atoms. The second kappa shape index (κ2) is 4.28. The lowest BCUT2D eigenvalue weighted by Gasteiger charge is -2.43. The molecule has 2 fully saturated rings. The van der Waals surface area contributed by atoms with Crippen LogP contribution >= 0.6 is 0 Å². The normalized spacial score (nSPS) is 30.6. The largest absolute Gasteiger partial charge is 0.396 e. The number of aliphatic hydroxyl groups is 1. The van der Waals surface area contributed by atoms with Crippen molar-refractivity contribution < 1.29 is 9.90 Å². The van der Waals surface area contributed by atoms with E-state index in [1.807, 2.05) is 0 Å². The smallest absolute Gasteiger partial charge is 0.221 e. The number of nitrogens with one attached hydrogen (secondary N) is 1. The summed E-state index contributed by atoms with van der Waals surface area (Å²) in [6, 6.07) is 0.417. The van der Waals surface area contributed by atoms with Crippen molar-refractivity contribution in [3.63, 3.8) is 0 Å². The van der Waals surface area contributed by atoms with Gasteiger partial charge < -0.3 is 10.4 Å². The number of hydrogen-bond acceptors (Lipinski definition) is 3. The Bertz CT molecular complexity index is 214. The van der Waals surface area contributed by atoms with Gasteiger partial charge in [-0.15, -0.1) is 0 Å². The van der Waals surface area contributed by atoms with Gasteiger partial charge in [0, 0.05) is 44.6 Å². The molecule has 0 radical (unpaired) electrons. The minimum absolute atomic E-state index is 0.181. The fourth-order valence-corrected chi connectivity index (χ4v) is 2.29. The molecule has 2 heterocycles. The van der Waals surface area contributed by atoms with E-state index < -0.39 is 0 Å². The van der Waals surface area contributed by atoms with E-state index >= 15 is 0 Å². The summed E-state index contributed by atoms with van der Waals surface area (Å²) in [7, 11) is 0. The highest BCUT2D eigenvalue weighted by Crippen LogP contribution is 2.23. The maximum atomic E-state index is 11.3. The van der Waals surface area contributed by atoms with Crippen molar-refractivity contribution in [1.29, 1.82) is 0 Å². The summed E-state index contributed by atoms with van der Waals surface area (Å²) in [6.07, 6.45) is 2.83. The van der Waals surface area contributed by atoms with Gasteiger partial charge in [-0.1, -0.05) is 0 Å². The highest BCUT2D eigenvalue weighted by molar-refractivity contribution is 5.76. The van der Waals surface area contributed by atoms with Gasteiger partial charge >= 0.3 is 0 Å². The van der Waals surface area contributed by atoms with Crippen LogP contribution < -0.4 is 5.32 Å². The summed E-state index contributed by atoms with van der Waals surface area (Å²) in [6.45, 7) is 3.05. The molecule has 1 atom stereocenters. The van der Waals surface area contributed by atoms with Crippen molar-refractivity contribution >= 4 is 5.91 Å². The van der Waals surface area contributed by atoms with Crippen molar-refractivity contribution in [2.75, 3.05) is 26.2 Å². The van der Waals surface area contributed by atoms with Gasteiger partial charge in [0.25, 0.3) is 0 Å². The van der Waals surface area contributed by atoms with E-state index in [9.17, 15) is 4.79 Å². The van der Waals surface area contributed by atoms with E-state index in [2.05, 4.69) is 10.2 Å². The van der Waals surface area contributed by atoms with Gasteiger partial charge in [-0.05, 0) is 12.8 Å². The Labute approximate surface area is 84.3 Å². The van der Waals surface area contributed by atoms with Crippen LogP contribution in [0.3, 0.4) is 0 Å². The number of amides is 1. The summed E-state index contributed by atoms with van der Waals surface area (Å²) in [5, 5.41) is 11.8. The fourth-order valence-electron chi connectivity index (χ4n) is 2.29. The highest BCUT2D eigenvalue weighted by atomic mass is 16.3. The SMILES string of the molecule is O=C1CC(N2CC(CO)C2)CCCN1. The number of aliphatic hydroxyl groups excluding tert-OH is 1. The molecule has 1 unspecified atom stereocenters. The molecular weight excluding hydrogens is 180 g/mol. The molecule has 4 nitrogen and oxygen atoms in total. The van der Waals surface area contributed by atoms with Gasteiger partial charge in [0.2, 0.25) is 5.91 Å². The topological polar surface area (TPSA) is 52.6 Å². The molecule has 2 N–H and O–H groups in total. The first-order chi connectivity index (χ1) is 6.79. The zero-order chi connectivity index (χ0) is 9.97. The van der Waals surface area contributed by atoms with Crippen LogP contribution in [0.2, 0.25) is 0 Å². The maximum Gasteiger partial charge on any atom is 0.221 e. The predicted molar refractivity (Wildman–Crippen MR) is 52.8 cm³/mol. The van der Waals surface area contributed by atoms with Crippen molar-refractivity contribution in [3.8, 4) is 0 Å². The summed E-state index contributed by atoms with van der Waals surface area (Å²) in [5.74, 6) is 0.626. The molecule has 0 spiro atoms. The van der Waals surface area contributed by atoms with Gasteiger partial charge in [0.05, 0.1) is 0 Å². The van der Waals surface area contributed by atoms with E-state index in [4.69, 9.17) is 5.11 Å². The minimum Gasteiger partial charge on any atom is -0.396 e. The Balaban J connectivity index is 1.82. The van der Waals surface area contributed by atoms with E-state index in [1.165, 1.54) is 0 Å². The van der Waals surface area contributed by atoms with Crippen LogP contribution in [-0.2, 0) is 4.79 Å². The molecule has 2 aliphatic heterocycles. The Kier molecular flexibility index (Phi) is 3.03. The van der Waals surface area contributed by atoms with Crippen LogP contribution in [0.5, 0.6) is 0 Å². The van der Waals surface area contributed by atoms with E-state index in [0.29, 0.717) is 18.4 Å². The lowest BCUT2D eigenvalue weighted by atomic mass is 9.95. The van der Waals surface area contributed by atoms with Crippen LogP contribution in [0, 0.1) is 5.92 Å². The second-order valence-corrected chi connectivity index (χ2v) is 4.35. The zero-order valence-electron chi connectivity index (χ0n) is 8.41. The molecule has 0 aliphatic carbocycles. The third-order valence-electron chi connectivity index (χ3n) is 3.22. The molecule has 2 aliphatic rings. The maximum absolute atomic E-state index is 11.3. The molecule has 0 saturated carbocycles. The van der Waals surface area contributed by atoms with Crippen molar-refractivity contribution in [1.82, 2.24) is 10.2 Å². The van der Waals surface area contributed by atoms with Crippen LogP contribution in [0.1, 0.15) is 19.3 Å². The van der Waals surface area contributed by atoms with Gasteiger partial charge in [0.1, 0.15) is 0 Å². The molecule has 1 amide bonds. The average Bonchev–Trinajstić information content (AvgIpc) is 2.28. The summed E-state index contributed by atoms with van der Waals surface area (Å²) >= 11 is 0. The Morgan fingerprint density at radius 2 is 2.29 bits per heavy atom. The van der Waals surface area contributed by atoms with Gasteiger partial charge in [-0.25, -0.2) is 0 Å². The Hall–Kier alpha value is -0.610. The Morgan fingerprint density at radius 3 is 3.00 bits per heavy atom. The number of carbonyl (C=O) groups excluding carboxylic acids is 1. The molecule has 80 valence electrons. The number of hydrogen-bond donors (Lipinski definition) is 2. The lowest BCUT2D eigenvalue weighted by molar-refractivity contribution is -0.122. The average molecular weight is 198 g/mol. The van der Waals surface area contributed by atoms with E-state index in [1.54, 1.807) is 0 Å². The van der Waals surface area contributed by atoms with Crippen molar-refractivity contribution in [3.05, 3.63) is 0 Å². The number of likely N-dealkylation sites (tertiary alicyclic amines) is 1. The third kappa shape index (κ3) is 2.07.